The molecule has 1 rings (SSSR count). The van der Waals surface area contributed by atoms with E-state index < -0.39 is 0 Å². The number of amides is 2. The van der Waals surface area contributed by atoms with Crippen molar-refractivity contribution < 1.29 is 33.3 Å². The molecule has 8 heteroatoms. The number of carbonyl (C=O) groups excluding carboxylic acids is 3. The Labute approximate surface area is 159 Å². The van der Waals surface area contributed by atoms with E-state index in [1.165, 1.54) is 12.2 Å². The van der Waals surface area contributed by atoms with Crippen LogP contribution in [0.15, 0.2) is 12.2 Å². The molecule has 150 valence electrons. The first kappa shape index (κ1) is 23.0. The smallest absolute Gasteiger partial charge is 0.253 e. The van der Waals surface area contributed by atoms with Crippen LogP contribution >= 0.6 is 0 Å². The summed E-state index contributed by atoms with van der Waals surface area (Å²) in [6, 6.07) is 0. The first-order chi connectivity index (χ1) is 13.1. The molecule has 0 spiro atoms. The van der Waals surface area contributed by atoms with Crippen molar-refractivity contribution in [3.05, 3.63) is 12.2 Å². The third-order valence-electron chi connectivity index (χ3n) is 3.56. The lowest BCUT2D eigenvalue weighted by Gasteiger charge is -2.12. The van der Waals surface area contributed by atoms with E-state index in [2.05, 4.69) is 5.92 Å². The van der Waals surface area contributed by atoms with Crippen LogP contribution in [0.1, 0.15) is 19.3 Å². The van der Waals surface area contributed by atoms with Crippen LogP contribution in [0.4, 0.5) is 0 Å². The molecular formula is C19H27NO7. The van der Waals surface area contributed by atoms with Gasteiger partial charge in [0.25, 0.3) is 11.8 Å². The molecule has 0 fully saturated rings. The molecule has 1 heterocycles. The lowest BCUT2D eigenvalue weighted by molar-refractivity contribution is -0.137. The highest BCUT2D eigenvalue weighted by Gasteiger charge is 2.23. The van der Waals surface area contributed by atoms with Gasteiger partial charge in [-0.05, 0) is 6.42 Å². The number of Topliss-reactive ketones (excluding diaryl/α,β-unsaturated/α-hetero) is 1. The maximum Gasteiger partial charge on any atom is 0.253 e. The van der Waals surface area contributed by atoms with Gasteiger partial charge in [-0.15, -0.1) is 6.42 Å². The van der Waals surface area contributed by atoms with Gasteiger partial charge in [0.05, 0.1) is 39.6 Å². The van der Waals surface area contributed by atoms with Crippen LogP contribution in [0.2, 0.25) is 0 Å². The van der Waals surface area contributed by atoms with E-state index in [-0.39, 0.29) is 37.2 Å². The maximum atomic E-state index is 11.7. The van der Waals surface area contributed by atoms with Gasteiger partial charge in [0.1, 0.15) is 12.4 Å². The Balaban J connectivity index is 1.82. The zero-order valence-corrected chi connectivity index (χ0v) is 15.5. The van der Waals surface area contributed by atoms with Crippen molar-refractivity contribution >= 4 is 17.6 Å². The van der Waals surface area contributed by atoms with Crippen LogP contribution in [0.5, 0.6) is 0 Å². The topological polar surface area (TPSA) is 91.4 Å². The van der Waals surface area contributed by atoms with Crippen LogP contribution in [0.3, 0.4) is 0 Å². The van der Waals surface area contributed by atoms with Crippen molar-refractivity contribution in [3.63, 3.8) is 0 Å². The van der Waals surface area contributed by atoms with Crippen LogP contribution in [0, 0.1) is 12.3 Å². The second kappa shape index (κ2) is 15.1. The summed E-state index contributed by atoms with van der Waals surface area (Å²) in [5.41, 5.74) is 0. The Morgan fingerprint density at radius 2 is 1.37 bits per heavy atom. The Bertz CT molecular complexity index is 521. The van der Waals surface area contributed by atoms with E-state index in [0.717, 1.165) is 4.90 Å². The van der Waals surface area contributed by atoms with Crippen LogP contribution < -0.4 is 0 Å². The van der Waals surface area contributed by atoms with E-state index in [0.29, 0.717) is 59.1 Å². The number of ketones is 1. The molecule has 0 aromatic carbocycles. The van der Waals surface area contributed by atoms with Gasteiger partial charge in [-0.25, -0.2) is 0 Å². The standard InChI is InChI=1S/C19H27NO7/c1-2-9-24-11-13-26-15-16-27-14-12-25-10-3-4-17(21)7-8-20-18(22)5-6-19(20)23/h1,5-6H,3-4,7-16H2. The first-order valence-electron chi connectivity index (χ1n) is 8.95. The van der Waals surface area contributed by atoms with Crippen molar-refractivity contribution in [2.45, 2.75) is 19.3 Å². The highest BCUT2D eigenvalue weighted by atomic mass is 16.6. The molecule has 0 aliphatic carbocycles. The molecule has 27 heavy (non-hydrogen) atoms. The summed E-state index contributed by atoms with van der Waals surface area (Å²) >= 11 is 0. The molecule has 0 aromatic rings. The summed E-state index contributed by atoms with van der Waals surface area (Å²) in [4.78, 5) is 35.5. The van der Waals surface area contributed by atoms with E-state index in [1.54, 1.807) is 0 Å². The van der Waals surface area contributed by atoms with Crippen LogP contribution in [-0.4, -0.2) is 81.9 Å². The Morgan fingerprint density at radius 3 is 1.93 bits per heavy atom. The van der Waals surface area contributed by atoms with Gasteiger partial charge in [0, 0.05) is 38.1 Å². The third kappa shape index (κ3) is 11.3. The van der Waals surface area contributed by atoms with Crippen molar-refractivity contribution in [2.24, 2.45) is 0 Å². The SMILES string of the molecule is C#CCOCCOCCOCCOCCCC(=O)CCN1C(=O)C=CC1=O. The molecule has 1 aliphatic heterocycles. The molecule has 0 aromatic heterocycles. The minimum absolute atomic E-state index is 0.00530. The Kier molecular flexibility index (Phi) is 12.8. The number of hydrogen-bond donors (Lipinski definition) is 0. The molecule has 8 nitrogen and oxygen atoms in total. The highest BCUT2D eigenvalue weighted by molar-refractivity contribution is 6.13. The quantitative estimate of drug-likeness (QED) is 0.204. The number of imide groups is 1. The monoisotopic (exact) mass is 381 g/mol. The molecule has 0 saturated heterocycles. The van der Waals surface area contributed by atoms with E-state index in [4.69, 9.17) is 25.4 Å². The van der Waals surface area contributed by atoms with Crippen molar-refractivity contribution in [2.75, 3.05) is 59.4 Å². The van der Waals surface area contributed by atoms with Crippen LogP contribution in [0.25, 0.3) is 0 Å². The third-order valence-corrected chi connectivity index (χ3v) is 3.56. The largest absolute Gasteiger partial charge is 0.379 e. The van der Waals surface area contributed by atoms with Gasteiger partial charge in [-0.1, -0.05) is 5.92 Å². The first-order valence-corrected chi connectivity index (χ1v) is 8.95. The molecular weight excluding hydrogens is 354 g/mol. The Morgan fingerprint density at radius 1 is 0.852 bits per heavy atom. The molecule has 0 bridgehead atoms. The lowest BCUT2D eigenvalue weighted by atomic mass is 10.1. The normalized spacial score (nSPS) is 13.4. The van der Waals surface area contributed by atoms with E-state index >= 15 is 0 Å². The summed E-state index contributed by atoms with van der Waals surface area (Å²) < 4.78 is 21.1. The molecule has 0 atom stereocenters. The number of rotatable bonds is 17. The second-order valence-corrected chi connectivity index (χ2v) is 5.65. The fraction of sp³-hybridized carbons (Fsp3) is 0.632. The highest BCUT2D eigenvalue weighted by Crippen LogP contribution is 2.06. The predicted octanol–water partition coefficient (Wildman–Crippen LogP) is 0.350. The average Bonchev–Trinajstić information content (AvgIpc) is 2.98. The summed E-state index contributed by atoms with van der Waals surface area (Å²) in [6.07, 6.45) is 8.60. The summed E-state index contributed by atoms with van der Waals surface area (Å²) in [7, 11) is 0. The van der Waals surface area contributed by atoms with Crippen molar-refractivity contribution in [1.29, 1.82) is 0 Å². The fourth-order valence-electron chi connectivity index (χ4n) is 2.18. The zero-order chi connectivity index (χ0) is 19.7. The zero-order valence-electron chi connectivity index (χ0n) is 15.5. The van der Waals surface area contributed by atoms with Gasteiger partial charge >= 0.3 is 0 Å². The molecule has 0 saturated carbocycles. The minimum Gasteiger partial charge on any atom is -0.379 e. The summed E-state index contributed by atoms with van der Waals surface area (Å²) in [5.74, 6) is 1.65. The van der Waals surface area contributed by atoms with Gasteiger partial charge in [0.15, 0.2) is 0 Å². The molecule has 2 amide bonds. The van der Waals surface area contributed by atoms with Crippen molar-refractivity contribution in [3.8, 4) is 12.3 Å². The van der Waals surface area contributed by atoms with Gasteiger partial charge in [-0.3, -0.25) is 19.3 Å². The maximum absolute atomic E-state index is 11.7. The number of terminal acetylenes is 1. The summed E-state index contributed by atoms with van der Waals surface area (Å²) in [5, 5.41) is 0. The van der Waals surface area contributed by atoms with E-state index in [1.807, 2.05) is 0 Å². The number of nitrogens with zero attached hydrogens (tertiary/aromatic N) is 1. The van der Waals surface area contributed by atoms with Gasteiger partial charge in [-0.2, -0.15) is 0 Å². The average molecular weight is 381 g/mol. The van der Waals surface area contributed by atoms with Crippen LogP contribution in [-0.2, 0) is 33.3 Å². The lowest BCUT2D eigenvalue weighted by Crippen LogP contribution is -2.32. The second-order valence-electron chi connectivity index (χ2n) is 5.65. The van der Waals surface area contributed by atoms with Gasteiger partial charge < -0.3 is 18.9 Å². The van der Waals surface area contributed by atoms with Crippen molar-refractivity contribution in [1.82, 2.24) is 4.90 Å². The molecule has 0 unspecified atom stereocenters. The number of hydrogen-bond acceptors (Lipinski definition) is 7. The molecule has 0 N–H and O–H groups in total. The van der Waals surface area contributed by atoms with E-state index in [9.17, 15) is 14.4 Å². The Hall–Kier alpha value is -2.05. The number of carbonyl (C=O) groups is 3. The minimum atomic E-state index is -0.362. The molecule has 1 aliphatic rings. The summed E-state index contributed by atoms with van der Waals surface area (Å²) in [6.45, 7) is 3.68. The predicted molar refractivity (Wildman–Crippen MR) is 96.8 cm³/mol. The molecule has 0 radical (unpaired) electrons. The fourth-order valence-corrected chi connectivity index (χ4v) is 2.18. The van der Waals surface area contributed by atoms with Gasteiger partial charge in [0.2, 0.25) is 0 Å². The number of ether oxygens (including phenoxy) is 4.